The molecule has 0 fully saturated rings. The lowest BCUT2D eigenvalue weighted by molar-refractivity contribution is 0.0527. The number of hydrogen-bond acceptors (Lipinski definition) is 7. The van der Waals surface area contributed by atoms with Crippen LogP contribution in [0.15, 0.2) is 69.6 Å². The first-order chi connectivity index (χ1) is 16.0. The van der Waals surface area contributed by atoms with Gasteiger partial charge in [0.05, 0.1) is 29.0 Å². The summed E-state index contributed by atoms with van der Waals surface area (Å²) in [6.45, 7) is 1.93. The number of nitrogens with one attached hydrogen (secondary N) is 1. The van der Waals surface area contributed by atoms with Gasteiger partial charge in [-0.05, 0) is 55.5 Å². The van der Waals surface area contributed by atoms with Crippen LogP contribution in [-0.4, -0.2) is 28.6 Å². The van der Waals surface area contributed by atoms with E-state index in [0.717, 1.165) is 0 Å². The van der Waals surface area contributed by atoms with Gasteiger partial charge in [-0.15, -0.1) is 0 Å². The molecule has 164 valence electrons. The van der Waals surface area contributed by atoms with Gasteiger partial charge in [-0.3, -0.25) is 4.79 Å². The Morgan fingerprint density at radius 1 is 1.03 bits per heavy atom. The molecule has 1 amide bonds. The first-order valence-electron chi connectivity index (χ1n) is 10.1. The highest BCUT2D eigenvalue weighted by atomic mass is 35.5. The van der Waals surface area contributed by atoms with Gasteiger partial charge in [0.2, 0.25) is 5.82 Å². The molecular formula is C24H16ClN3O5. The third kappa shape index (κ3) is 3.81. The predicted octanol–water partition coefficient (Wildman–Crippen LogP) is 5.67. The Morgan fingerprint density at radius 2 is 1.79 bits per heavy atom. The normalized spacial score (nSPS) is 11.1. The smallest absolute Gasteiger partial charge is 0.340 e. The van der Waals surface area contributed by atoms with Gasteiger partial charge in [-0.25, -0.2) is 4.79 Å². The topological polar surface area (TPSA) is 107 Å². The molecule has 0 saturated carbocycles. The number of hydrogen-bond donors (Lipinski definition) is 1. The summed E-state index contributed by atoms with van der Waals surface area (Å²) in [4.78, 5) is 30.0. The van der Waals surface area contributed by atoms with Crippen molar-refractivity contribution in [1.82, 2.24) is 10.1 Å². The number of benzene rings is 3. The van der Waals surface area contributed by atoms with E-state index in [1.54, 1.807) is 67.6 Å². The molecule has 1 N–H and O–H groups in total. The lowest BCUT2D eigenvalue weighted by atomic mass is 10.1. The van der Waals surface area contributed by atoms with Crippen molar-refractivity contribution < 1.29 is 23.3 Å². The highest BCUT2D eigenvalue weighted by molar-refractivity contribution is 6.30. The highest BCUT2D eigenvalue weighted by Crippen LogP contribution is 2.37. The average Bonchev–Trinajstić information content (AvgIpc) is 3.56. The number of carbonyl (C=O) groups is 2. The molecule has 2 aromatic carbocycles. The first-order valence-corrected chi connectivity index (χ1v) is 10.5. The summed E-state index contributed by atoms with van der Waals surface area (Å²) in [5.74, 6) is -0.530. The second-order valence-corrected chi connectivity index (χ2v) is 7.50. The maximum atomic E-state index is 13.3. The van der Waals surface area contributed by atoms with Crippen molar-refractivity contribution in [3.8, 4) is 22.8 Å². The van der Waals surface area contributed by atoms with Crippen LogP contribution in [0, 0.1) is 0 Å². The maximum absolute atomic E-state index is 13.3. The van der Waals surface area contributed by atoms with Gasteiger partial charge in [0.15, 0.2) is 0 Å². The molecule has 0 saturated heterocycles. The minimum atomic E-state index is -0.529. The molecule has 9 heteroatoms. The number of halogens is 1. The fourth-order valence-corrected chi connectivity index (χ4v) is 3.62. The lowest BCUT2D eigenvalue weighted by Crippen LogP contribution is -2.16. The van der Waals surface area contributed by atoms with Gasteiger partial charge in [0.25, 0.3) is 11.8 Å². The van der Waals surface area contributed by atoms with Gasteiger partial charge < -0.3 is 19.0 Å². The summed E-state index contributed by atoms with van der Waals surface area (Å²) in [5.41, 5.74) is 2.68. The van der Waals surface area contributed by atoms with Crippen LogP contribution in [0.1, 0.15) is 27.6 Å². The number of anilines is 1. The van der Waals surface area contributed by atoms with E-state index >= 15 is 0 Å². The lowest BCUT2D eigenvalue weighted by Gasteiger charge is -2.10. The van der Waals surface area contributed by atoms with Gasteiger partial charge in [0, 0.05) is 10.6 Å². The Labute approximate surface area is 192 Å². The molecule has 0 spiro atoms. The fourth-order valence-electron chi connectivity index (χ4n) is 3.50. The minimum absolute atomic E-state index is 0.137. The van der Waals surface area contributed by atoms with Crippen molar-refractivity contribution in [1.29, 1.82) is 0 Å². The molecule has 33 heavy (non-hydrogen) atoms. The van der Waals surface area contributed by atoms with Crippen LogP contribution in [0.4, 0.5) is 5.69 Å². The quantitative estimate of drug-likeness (QED) is 0.324. The number of aromatic nitrogens is 2. The Morgan fingerprint density at radius 3 is 2.58 bits per heavy atom. The zero-order chi connectivity index (χ0) is 22.9. The Bertz CT molecular complexity index is 1450. The Balaban J connectivity index is 1.50. The van der Waals surface area contributed by atoms with Gasteiger partial charge in [0.1, 0.15) is 11.2 Å². The Hall–Kier alpha value is -4.17. The van der Waals surface area contributed by atoms with Crippen LogP contribution >= 0.6 is 11.6 Å². The summed E-state index contributed by atoms with van der Waals surface area (Å²) in [6, 6.07) is 17.0. The van der Waals surface area contributed by atoms with Crippen molar-refractivity contribution in [2.24, 2.45) is 0 Å². The second-order valence-electron chi connectivity index (χ2n) is 7.06. The molecule has 0 aliphatic carbocycles. The third-order valence-electron chi connectivity index (χ3n) is 4.99. The van der Waals surface area contributed by atoms with Crippen LogP contribution in [0.2, 0.25) is 5.02 Å². The van der Waals surface area contributed by atoms with Crippen molar-refractivity contribution in [2.75, 3.05) is 11.9 Å². The monoisotopic (exact) mass is 461 g/mol. The van der Waals surface area contributed by atoms with E-state index in [2.05, 4.69) is 15.5 Å². The summed E-state index contributed by atoms with van der Waals surface area (Å²) in [7, 11) is 0. The predicted molar refractivity (Wildman–Crippen MR) is 121 cm³/mol. The summed E-state index contributed by atoms with van der Waals surface area (Å²) < 4.78 is 16.2. The van der Waals surface area contributed by atoms with Crippen molar-refractivity contribution >= 4 is 40.3 Å². The summed E-state index contributed by atoms with van der Waals surface area (Å²) >= 11 is 5.94. The van der Waals surface area contributed by atoms with Crippen molar-refractivity contribution in [2.45, 2.75) is 6.92 Å². The Kier molecular flexibility index (Phi) is 5.27. The average molecular weight is 462 g/mol. The second kappa shape index (κ2) is 8.40. The van der Waals surface area contributed by atoms with E-state index in [9.17, 15) is 9.59 Å². The van der Waals surface area contributed by atoms with E-state index in [1.807, 2.05) is 0 Å². The zero-order valence-electron chi connectivity index (χ0n) is 17.3. The van der Waals surface area contributed by atoms with E-state index in [0.29, 0.717) is 38.8 Å². The number of para-hydroxylation sites is 1. The van der Waals surface area contributed by atoms with Crippen LogP contribution in [0.5, 0.6) is 0 Å². The molecule has 3 heterocycles. The SMILES string of the molecule is CCOC(=O)c1ccccc1NC(=O)c1c(-c2nc(-c3ccc(Cl)cc3)no2)c2ccc1o2. The first kappa shape index (κ1) is 20.7. The standard InChI is InChI=1S/C24H16ClN3O5/c1-2-31-24(30)15-5-3-4-6-16(15)26-22(29)19-17-11-12-18(32-17)20(19)23-27-21(28-33-23)13-7-9-14(25)10-8-13/h3-12H,2H2,1H3,(H,26,29). The number of nitrogens with zero attached hydrogens (tertiary/aromatic N) is 2. The zero-order valence-corrected chi connectivity index (χ0v) is 18.1. The van der Waals surface area contributed by atoms with Crippen LogP contribution in [-0.2, 0) is 4.74 Å². The minimum Gasteiger partial charge on any atom is -0.462 e. The number of amides is 1. The molecule has 0 aliphatic heterocycles. The molecule has 0 radical (unpaired) electrons. The largest absolute Gasteiger partial charge is 0.462 e. The number of fused-ring (bicyclic) bond motifs is 2. The van der Waals surface area contributed by atoms with Gasteiger partial charge in [-0.1, -0.05) is 28.9 Å². The van der Waals surface area contributed by atoms with E-state index in [4.69, 9.17) is 25.3 Å². The van der Waals surface area contributed by atoms with E-state index in [1.165, 1.54) is 0 Å². The highest BCUT2D eigenvalue weighted by Gasteiger charge is 2.29. The van der Waals surface area contributed by atoms with E-state index < -0.39 is 11.9 Å². The van der Waals surface area contributed by atoms with Gasteiger partial charge >= 0.3 is 5.97 Å². The van der Waals surface area contributed by atoms with E-state index in [-0.39, 0.29) is 23.6 Å². The molecule has 0 unspecified atom stereocenters. The van der Waals surface area contributed by atoms with Crippen molar-refractivity contribution in [3.05, 3.63) is 76.8 Å². The van der Waals surface area contributed by atoms with Crippen LogP contribution in [0.25, 0.3) is 34.0 Å². The molecule has 5 aromatic rings. The molecule has 5 rings (SSSR count). The third-order valence-corrected chi connectivity index (χ3v) is 5.24. The number of rotatable bonds is 6. The molecule has 2 bridgehead atoms. The van der Waals surface area contributed by atoms with Crippen molar-refractivity contribution in [3.63, 3.8) is 0 Å². The molecule has 0 aliphatic rings. The number of carbonyl (C=O) groups excluding carboxylic acids is 2. The number of furan rings is 2. The summed E-state index contributed by atoms with van der Waals surface area (Å²) in [6.07, 6.45) is 0. The van der Waals surface area contributed by atoms with Crippen LogP contribution < -0.4 is 5.32 Å². The molecule has 0 atom stereocenters. The molecule has 8 nitrogen and oxygen atoms in total. The number of esters is 1. The summed E-state index contributed by atoms with van der Waals surface area (Å²) in [5, 5.41) is 7.38. The number of ether oxygens (including phenoxy) is 1. The molecule has 3 aromatic heterocycles. The molecular weight excluding hydrogens is 446 g/mol. The maximum Gasteiger partial charge on any atom is 0.340 e. The van der Waals surface area contributed by atoms with Crippen LogP contribution in [0.3, 0.4) is 0 Å². The fraction of sp³-hybridized carbons (Fsp3) is 0.0833. The van der Waals surface area contributed by atoms with Gasteiger partial charge in [-0.2, -0.15) is 4.98 Å².